The van der Waals surface area contributed by atoms with Gasteiger partial charge in [-0.1, -0.05) is 19.9 Å². The molecule has 1 aromatic carbocycles. The SMILES string of the molecule is CCC1(CC)CN(Cc2c(F)cccc2F)CCCN1. The van der Waals surface area contributed by atoms with Gasteiger partial charge in [0.05, 0.1) is 0 Å². The van der Waals surface area contributed by atoms with Crippen LogP contribution in [0.25, 0.3) is 0 Å². The van der Waals surface area contributed by atoms with Crippen LogP contribution >= 0.6 is 0 Å². The molecule has 1 aliphatic rings. The average Bonchev–Trinajstić information content (AvgIpc) is 2.66. The van der Waals surface area contributed by atoms with Crippen LogP contribution in [0.3, 0.4) is 0 Å². The average molecular weight is 282 g/mol. The first-order valence-electron chi connectivity index (χ1n) is 7.50. The second-order valence-corrected chi connectivity index (χ2v) is 5.68. The van der Waals surface area contributed by atoms with E-state index in [1.807, 2.05) is 0 Å². The minimum absolute atomic E-state index is 0.0677. The van der Waals surface area contributed by atoms with E-state index in [2.05, 4.69) is 24.1 Å². The van der Waals surface area contributed by atoms with E-state index in [1.54, 1.807) is 0 Å². The van der Waals surface area contributed by atoms with Gasteiger partial charge in [-0.05, 0) is 44.5 Å². The van der Waals surface area contributed by atoms with Gasteiger partial charge in [0.1, 0.15) is 11.6 Å². The molecule has 1 saturated heterocycles. The molecule has 0 amide bonds. The molecule has 0 bridgehead atoms. The number of hydrogen-bond acceptors (Lipinski definition) is 2. The second-order valence-electron chi connectivity index (χ2n) is 5.68. The highest BCUT2D eigenvalue weighted by molar-refractivity contribution is 5.19. The van der Waals surface area contributed by atoms with Crippen LogP contribution in [0.4, 0.5) is 8.78 Å². The lowest BCUT2D eigenvalue weighted by Gasteiger charge is -2.35. The smallest absolute Gasteiger partial charge is 0.130 e. The van der Waals surface area contributed by atoms with Crippen LogP contribution in [-0.2, 0) is 6.54 Å². The third-order valence-corrected chi connectivity index (χ3v) is 4.47. The molecule has 112 valence electrons. The number of benzene rings is 1. The molecular formula is C16H24F2N2. The minimum atomic E-state index is -0.444. The van der Waals surface area contributed by atoms with E-state index in [4.69, 9.17) is 0 Å². The van der Waals surface area contributed by atoms with Gasteiger partial charge in [-0.15, -0.1) is 0 Å². The number of nitrogens with one attached hydrogen (secondary N) is 1. The Kier molecular flexibility index (Phi) is 5.11. The Labute approximate surface area is 120 Å². The summed E-state index contributed by atoms with van der Waals surface area (Å²) in [4.78, 5) is 2.18. The fraction of sp³-hybridized carbons (Fsp3) is 0.625. The summed E-state index contributed by atoms with van der Waals surface area (Å²) in [5.41, 5.74) is 0.258. The molecular weight excluding hydrogens is 258 g/mol. The van der Waals surface area contributed by atoms with E-state index in [-0.39, 0.29) is 11.1 Å². The quantitative estimate of drug-likeness (QED) is 0.911. The topological polar surface area (TPSA) is 15.3 Å². The maximum Gasteiger partial charge on any atom is 0.130 e. The van der Waals surface area contributed by atoms with Crippen LogP contribution in [0.5, 0.6) is 0 Å². The summed E-state index contributed by atoms with van der Waals surface area (Å²) in [5.74, 6) is -0.887. The van der Waals surface area contributed by atoms with E-state index in [1.165, 1.54) is 18.2 Å². The number of nitrogens with zero attached hydrogens (tertiary/aromatic N) is 1. The zero-order valence-electron chi connectivity index (χ0n) is 12.4. The summed E-state index contributed by atoms with van der Waals surface area (Å²) >= 11 is 0. The largest absolute Gasteiger partial charge is 0.310 e. The first-order chi connectivity index (χ1) is 9.60. The number of halogens is 2. The van der Waals surface area contributed by atoms with Crippen molar-refractivity contribution in [1.82, 2.24) is 10.2 Å². The van der Waals surface area contributed by atoms with Crippen molar-refractivity contribution in [1.29, 1.82) is 0 Å². The summed E-state index contributed by atoms with van der Waals surface area (Å²) < 4.78 is 27.6. The summed E-state index contributed by atoms with van der Waals surface area (Å²) in [7, 11) is 0. The molecule has 1 N–H and O–H groups in total. The highest BCUT2D eigenvalue weighted by Crippen LogP contribution is 2.22. The van der Waals surface area contributed by atoms with E-state index >= 15 is 0 Å². The lowest BCUT2D eigenvalue weighted by atomic mass is 9.92. The molecule has 0 atom stereocenters. The number of hydrogen-bond donors (Lipinski definition) is 1. The molecule has 0 spiro atoms. The highest BCUT2D eigenvalue weighted by atomic mass is 19.1. The fourth-order valence-electron chi connectivity index (χ4n) is 2.98. The molecule has 0 saturated carbocycles. The molecule has 2 rings (SSSR count). The Morgan fingerprint density at radius 3 is 2.45 bits per heavy atom. The maximum absolute atomic E-state index is 13.8. The van der Waals surface area contributed by atoms with Gasteiger partial charge in [-0.3, -0.25) is 4.90 Å². The summed E-state index contributed by atoms with van der Waals surface area (Å²) in [6, 6.07) is 4.09. The molecule has 1 aliphatic heterocycles. The van der Waals surface area contributed by atoms with Gasteiger partial charge in [-0.25, -0.2) is 8.78 Å². The van der Waals surface area contributed by atoms with Crippen LogP contribution in [0, 0.1) is 11.6 Å². The molecule has 2 nitrogen and oxygen atoms in total. The molecule has 4 heteroatoms. The van der Waals surface area contributed by atoms with Crippen molar-refractivity contribution in [2.24, 2.45) is 0 Å². The predicted octanol–water partition coefficient (Wildman–Crippen LogP) is 3.32. The monoisotopic (exact) mass is 282 g/mol. The van der Waals surface area contributed by atoms with Gasteiger partial charge in [0, 0.05) is 24.2 Å². The third kappa shape index (κ3) is 3.36. The van der Waals surface area contributed by atoms with Crippen molar-refractivity contribution in [3.63, 3.8) is 0 Å². The lowest BCUT2D eigenvalue weighted by Crippen LogP contribution is -2.50. The lowest BCUT2D eigenvalue weighted by molar-refractivity contribution is 0.187. The highest BCUT2D eigenvalue weighted by Gasteiger charge is 2.30. The van der Waals surface area contributed by atoms with Crippen molar-refractivity contribution in [3.8, 4) is 0 Å². The summed E-state index contributed by atoms with van der Waals surface area (Å²) in [6.45, 7) is 7.38. The molecule has 0 radical (unpaired) electrons. The minimum Gasteiger partial charge on any atom is -0.310 e. The van der Waals surface area contributed by atoms with E-state index in [0.29, 0.717) is 6.54 Å². The molecule has 0 aromatic heterocycles. The standard InChI is InChI=1S/C16H24F2N2/c1-3-16(4-2)12-20(10-6-9-19-16)11-13-14(17)7-5-8-15(13)18/h5,7-8,19H,3-4,6,9-12H2,1-2H3. The van der Waals surface area contributed by atoms with E-state index in [0.717, 1.165) is 38.9 Å². The Bertz CT molecular complexity index is 424. The van der Waals surface area contributed by atoms with Crippen LogP contribution in [0.1, 0.15) is 38.7 Å². The van der Waals surface area contributed by atoms with Crippen LogP contribution in [0.15, 0.2) is 18.2 Å². The molecule has 0 unspecified atom stereocenters. The van der Waals surface area contributed by atoms with Gasteiger partial charge in [-0.2, -0.15) is 0 Å². The van der Waals surface area contributed by atoms with Gasteiger partial charge in [0.25, 0.3) is 0 Å². The normalized spacial score (nSPS) is 19.8. The Morgan fingerprint density at radius 2 is 1.85 bits per heavy atom. The molecule has 1 heterocycles. The Morgan fingerprint density at radius 1 is 1.20 bits per heavy atom. The summed E-state index contributed by atoms with van der Waals surface area (Å²) in [5, 5.41) is 3.61. The van der Waals surface area contributed by atoms with Gasteiger partial charge >= 0.3 is 0 Å². The Hall–Kier alpha value is -1.00. The molecule has 20 heavy (non-hydrogen) atoms. The zero-order chi connectivity index (χ0) is 14.6. The number of rotatable bonds is 4. The zero-order valence-corrected chi connectivity index (χ0v) is 12.4. The van der Waals surface area contributed by atoms with Gasteiger partial charge in [0.15, 0.2) is 0 Å². The second kappa shape index (κ2) is 6.64. The third-order valence-electron chi connectivity index (χ3n) is 4.47. The Balaban J connectivity index is 2.15. The van der Waals surface area contributed by atoms with E-state index in [9.17, 15) is 8.78 Å². The van der Waals surface area contributed by atoms with Crippen molar-refractivity contribution in [3.05, 3.63) is 35.4 Å². The van der Waals surface area contributed by atoms with Crippen molar-refractivity contribution >= 4 is 0 Å². The first-order valence-corrected chi connectivity index (χ1v) is 7.50. The van der Waals surface area contributed by atoms with Crippen LogP contribution in [0.2, 0.25) is 0 Å². The fourth-order valence-corrected chi connectivity index (χ4v) is 2.98. The summed E-state index contributed by atoms with van der Waals surface area (Å²) in [6.07, 6.45) is 3.07. The van der Waals surface area contributed by atoms with Crippen molar-refractivity contribution in [2.75, 3.05) is 19.6 Å². The molecule has 1 aromatic rings. The van der Waals surface area contributed by atoms with Crippen molar-refractivity contribution < 1.29 is 8.78 Å². The predicted molar refractivity (Wildman–Crippen MR) is 77.6 cm³/mol. The van der Waals surface area contributed by atoms with Gasteiger partial charge in [0.2, 0.25) is 0 Å². The maximum atomic E-state index is 13.8. The van der Waals surface area contributed by atoms with Crippen molar-refractivity contribution in [2.45, 2.75) is 45.2 Å². The van der Waals surface area contributed by atoms with Gasteiger partial charge < -0.3 is 5.32 Å². The van der Waals surface area contributed by atoms with E-state index < -0.39 is 11.6 Å². The molecule has 1 fully saturated rings. The van der Waals surface area contributed by atoms with Crippen LogP contribution < -0.4 is 5.32 Å². The van der Waals surface area contributed by atoms with Crippen LogP contribution in [-0.4, -0.2) is 30.1 Å². The molecule has 0 aliphatic carbocycles. The first kappa shape index (κ1) is 15.4.